The van der Waals surface area contributed by atoms with Gasteiger partial charge in [0.15, 0.2) is 0 Å². The SMILES string of the molecule is CC[C@H]1CN(c2ncc(NS(C)(=O)=O)cc2Cl)CCN1C1CCN(Cc2c(F)cc(F)cc2F)CC1. The number of nitrogens with one attached hydrogen (secondary N) is 1. The highest BCUT2D eigenvalue weighted by atomic mass is 35.5. The van der Waals surface area contributed by atoms with E-state index in [2.05, 4.69) is 26.4 Å². The number of hydrogen-bond donors (Lipinski definition) is 1. The minimum absolute atomic E-state index is 0.0861. The molecule has 36 heavy (non-hydrogen) atoms. The molecule has 198 valence electrons. The van der Waals surface area contributed by atoms with Crippen LogP contribution in [0.5, 0.6) is 0 Å². The van der Waals surface area contributed by atoms with Gasteiger partial charge in [-0.25, -0.2) is 26.6 Å². The third-order valence-electron chi connectivity index (χ3n) is 6.94. The molecule has 2 aromatic rings. The van der Waals surface area contributed by atoms with Gasteiger partial charge in [-0.1, -0.05) is 18.5 Å². The van der Waals surface area contributed by atoms with Crippen LogP contribution in [0.3, 0.4) is 0 Å². The quantitative estimate of drug-likeness (QED) is 0.565. The van der Waals surface area contributed by atoms with Crippen molar-refractivity contribution in [2.24, 2.45) is 0 Å². The average molecular weight is 546 g/mol. The van der Waals surface area contributed by atoms with Crippen LogP contribution in [0.15, 0.2) is 24.4 Å². The van der Waals surface area contributed by atoms with E-state index in [0.29, 0.717) is 35.7 Å². The zero-order valence-corrected chi connectivity index (χ0v) is 21.9. The Bertz CT molecular complexity index is 1170. The first-order valence-electron chi connectivity index (χ1n) is 12.0. The Morgan fingerprint density at radius 1 is 1.08 bits per heavy atom. The van der Waals surface area contributed by atoms with E-state index in [1.54, 1.807) is 6.07 Å². The van der Waals surface area contributed by atoms with Gasteiger partial charge in [0.25, 0.3) is 0 Å². The summed E-state index contributed by atoms with van der Waals surface area (Å²) in [6.07, 6.45) is 5.24. The van der Waals surface area contributed by atoms with Crippen LogP contribution in [-0.4, -0.2) is 74.3 Å². The monoisotopic (exact) mass is 545 g/mol. The van der Waals surface area contributed by atoms with E-state index in [1.165, 1.54) is 6.20 Å². The van der Waals surface area contributed by atoms with Gasteiger partial charge in [-0.2, -0.15) is 0 Å². The smallest absolute Gasteiger partial charge is 0.229 e. The van der Waals surface area contributed by atoms with Crippen LogP contribution in [-0.2, 0) is 16.6 Å². The van der Waals surface area contributed by atoms with E-state index in [1.807, 2.05) is 4.90 Å². The molecule has 0 saturated carbocycles. The Balaban J connectivity index is 1.35. The Labute approximate surface area is 215 Å². The third-order valence-corrected chi connectivity index (χ3v) is 7.82. The Hall–Kier alpha value is -2.08. The highest BCUT2D eigenvalue weighted by molar-refractivity contribution is 7.92. The first kappa shape index (κ1) is 27.0. The molecule has 1 aromatic carbocycles. The van der Waals surface area contributed by atoms with Gasteiger partial charge in [0, 0.05) is 56.0 Å². The number of piperazine rings is 1. The van der Waals surface area contributed by atoms with Crippen molar-refractivity contribution in [3.63, 3.8) is 0 Å². The van der Waals surface area contributed by atoms with Crippen LogP contribution >= 0.6 is 11.6 Å². The summed E-state index contributed by atoms with van der Waals surface area (Å²) in [5.74, 6) is -1.96. The van der Waals surface area contributed by atoms with Crippen LogP contribution in [0.2, 0.25) is 5.02 Å². The molecule has 7 nitrogen and oxygen atoms in total. The number of likely N-dealkylation sites (tertiary alicyclic amines) is 1. The third kappa shape index (κ3) is 6.42. The van der Waals surface area contributed by atoms with Crippen LogP contribution in [0.1, 0.15) is 31.7 Å². The number of nitrogens with zero attached hydrogens (tertiary/aromatic N) is 4. The van der Waals surface area contributed by atoms with Gasteiger partial charge in [0.05, 0.1) is 23.2 Å². The fourth-order valence-corrected chi connectivity index (χ4v) is 6.02. The number of rotatable bonds is 7. The van der Waals surface area contributed by atoms with Gasteiger partial charge in [0.2, 0.25) is 10.0 Å². The highest BCUT2D eigenvalue weighted by Crippen LogP contribution is 2.31. The second kappa shape index (κ2) is 11.1. The summed E-state index contributed by atoms with van der Waals surface area (Å²) < 4.78 is 66.7. The van der Waals surface area contributed by atoms with Crippen molar-refractivity contribution in [3.05, 3.63) is 52.4 Å². The number of aromatic nitrogens is 1. The predicted octanol–water partition coefficient (Wildman–Crippen LogP) is 4.09. The predicted molar refractivity (Wildman–Crippen MR) is 135 cm³/mol. The van der Waals surface area contributed by atoms with E-state index >= 15 is 0 Å². The molecule has 0 radical (unpaired) electrons. The van der Waals surface area contributed by atoms with Crippen molar-refractivity contribution in [1.82, 2.24) is 14.8 Å². The van der Waals surface area contributed by atoms with Gasteiger partial charge in [-0.05, 0) is 38.4 Å². The molecule has 12 heteroatoms. The van der Waals surface area contributed by atoms with Crippen molar-refractivity contribution in [2.75, 3.05) is 48.6 Å². The number of pyridine rings is 1. The van der Waals surface area contributed by atoms with Crippen LogP contribution in [0.4, 0.5) is 24.7 Å². The maximum absolute atomic E-state index is 14.1. The summed E-state index contributed by atoms with van der Waals surface area (Å²) in [6, 6.07) is 3.68. The summed E-state index contributed by atoms with van der Waals surface area (Å²) in [6.45, 7) is 5.99. The molecule has 0 amide bonds. The Morgan fingerprint density at radius 3 is 2.33 bits per heavy atom. The minimum atomic E-state index is -3.42. The molecule has 2 saturated heterocycles. The largest absolute Gasteiger partial charge is 0.353 e. The van der Waals surface area contributed by atoms with E-state index in [9.17, 15) is 21.6 Å². The van der Waals surface area contributed by atoms with E-state index in [0.717, 1.165) is 57.3 Å². The van der Waals surface area contributed by atoms with Crippen LogP contribution < -0.4 is 9.62 Å². The molecule has 1 atom stereocenters. The van der Waals surface area contributed by atoms with Crippen molar-refractivity contribution in [2.45, 2.75) is 44.8 Å². The highest BCUT2D eigenvalue weighted by Gasteiger charge is 2.34. The molecule has 2 aliphatic heterocycles. The number of hydrogen-bond acceptors (Lipinski definition) is 6. The molecule has 2 aliphatic rings. The van der Waals surface area contributed by atoms with Crippen LogP contribution in [0, 0.1) is 17.5 Å². The molecule has 0 spiro atoms. The summed E-state index contributed by atoms with van der Waals surface area (Å²) in [4.78, 5) is 11.1. The molecule has 0 unspecified atom stereocenters. The lowest BCUT2D eigenvalue weighted by atomic mass is 9.97. The zero-order valence-electron chi connectivity index (χ0n) is 20.4. The maximum Gasteiger partial charge on any atom is 0.229 e. The summed E-state index contributed by atoms with van der Waals surface area (Å²) in [5.41, 5.74) is 0.237. The number of piperidine rings is 1. The Morgan fingerprint density at radius 2 is 1.75 bits per heavy atom. The van der Waals surface area contributed by atoms with Crippen LogP contribution in [0.25, 0.3) is 0 Å². The molecule has 2 fully saturated rings. The van der Waals surface area contributed by atoms with Crippen molar-refractivity contribution in [1.29, 1.82) is 0 Å². The number of halogens is 4. The van der Waals surface area contributed by atoms with E-state index in [4.69, 9.17) is 11.6 Å². The standard InChI is InChI=1S/C24H31ClF3N5O2S/c1-3-18-14-32(24-21(25)12-17(13-29-24)30-36(2,34)35)8-9-33(18)19-4-6-31(7-5-19)15-20-22(27)10-16(26)11-23(20)28/h10-13,18-19,30H,3-9,14-15H2,1-2H3/t18-/m0/s1. The first-order chi connectivity index (χ1) is 17.0. The first-order valence-corrected chi connectivity index (χ1v) is 14.3. The van der Waals surface area contributed by atoms with Gasteiger partial charge < -0.3 is 4.90 Å². The van der Waals surface area contributed by atoms with Gasteiger partial charge in [-0.15, -0.1) is 0 Å². The molecular formula is C24H31ClF3N5O2S. The van der Waals surface area contributed by atoms with Gasteiger partial charge in [0.1, 0.15) is 23.3 Å². The number of anilines is 2. The lowest BCUT2D eigenvalue weighted by Crippen LogP contribution is -2.58. The zero-order chi connectivity index (χ0) is 26.0. The summed E-state index contributed by atoms with van der Waals surface area (Å²) >= 11 is 6.45. The lowest BCUT2D eigenvalue weighted by molar-refractivity contribution is 0.0604. The molecule has 1 N–H and O–H groups in total. The second-order valence-corrected chi connectivity index (χ2v) is 11.7. The van der Waals surface area contributed by atoms with Gasteiger partial charge in [-0.3, -0.25) is 14.5 Å². The molecular weight excluding hydrogens is 515 g/mol. The molecule has 4 rings (SSSR count). The molecule has 0 aliphatic carbocycles. The minimum Gasteiger partial charge on any atom is -0.353 e. The fraction of sp³-hybridized carbons (Fsp3) is 0.542. The topological polar surface area (TPSA) is 68.8 Å². The summed E-state index contributed by atoms with van der Waals surface area (Å²) in [7, 11) is -3.42. The van der Waals surface area contributed by atoms with E-state index < -0.39 is 27.5 Å². The normalized spacial score (nSPS) is 20.6. The van der Waals surface area contributed by atoms with E-state index in [-0.39, 0.29) is 18.2 Å². The van der Waals surface area contributed by atoms with Crippen molar-refractivity contribution < 1.29 is 21.6 Å². The molecule has 0 bridgehead atoms. The molecule has 1 aromatic heterocycles. The number of sulfonamides is 1. The summed E-state index contributed by atoms with van der Waals surface area (Å²) in [5, 5.41) is 0.389. The molecule has 3 heterocycles. The van der Waals surface area contributed by atoms with Crippen molar-refractivity contribution >= 4 is 33.1 Å². The Kier molecular flexibility index (Phi) is 8.33. The fourth-order valence-electron chi connectivity index (χ4n) is 5.20. The second-order valence-electron chi connectivity index (χ2n) is 9.50. The van der Waals surface area contributed by atoms with Crippen molar-refractivity contribution in [3.8, 4) is 0 Å². The number of benzene rings is 1. The lowest BCUT2D eigenvalue weighted by Gasteiger charge is -2.47. The van der Waals surface area contributed by atoms with Gasteiger partial charge >= 0.3 is 0 Å². The maximum atomic E-state index is 14.1. The average Bonchev–Trinajstić information content (AvgIpc) is 2.80.